The number of carbonyl (C=O) groups is 3. The van der Waals surface area contributed by atoms with Gasteiger partial charge in [-0.2, -0.15) is 0 Å². The van der Waals surface area contributed by atoms with E-state index in [4.69, 9.17) is 14.2 Å². The Bertz CT molecular complexity index is 1450. The second kappa shape index (κ2) is 12.1. The van der Waals surface area contributed by atoms with Gasteiger partial charge < -0.3 is 14.2 Å². The highest BCUT2D eigenvalue weighted by Gasteiger charge is 2.37. The Labute approximate surface area is 225 Å². The molecule has 4 amide bonds. The van der Waals surface area contributed by atoms with Crippen molar-refractivity contribution in [3.63, 3.8) is 0 Å². The molecular weight excluding hydrogens is 503 g/mol. The number of methoxy groups -OCH3 is 1. The number of rotatable bonds is 10. The van der Waals surface area contributed by atoms with Gasteiger partial charge in [0.1, 0.15) is 23.7 Å². The third kappa shape index (κ3) is 5.98. The summed E-state index contributed by atoms with van der Waals surface area (Å²) in [6.45, 7) is 5.87. The smallest absolute Gasteiger partial charge is 0.335 e. The van der Waals surface area contributed by atoms with Crippen LogP contribution in [-0.4, -0.2) is 31.6 Å². The van der Waals surface area contributed by atoms with Gasteiger partial charge in [-0.05, 0) is 67.4 Å². The van der Waals surface area contributed by atoms with E-state index in [2.05, 4.69) is 11.9 Å². The van der Waals surface area contributed by atoms with E-state index in [1.165, 1.54) is 19.3 Å². The Morgan fingerprint density at radius 1 is 1.00 bits per heavy atom. The molecule has 0 aromatic heterocycles. The normalized spacial score (nSPS) is 14.3. The predicted molar refractivity (Wildman–Crippen MR) is 144 cm³/mol. The number of benzene rings is 3. The largest absolute Gasteiger partial charge is 0.497 e. The first-order valence-electron chi connectivity index (χ1n) is 12.2. The zero-order valence-corrected chi connectivity index (χ0v) is 21.5. The maximum Gasteiger partial charge on any atom is 0.335 e. The lowest BCUT2D eigenvalue weighted by Crippen LogP contribution is -2.54. The van der Waals surface area contributed by atoms with E-state index in [1.54, 1.807) is 67.6 Å². The Balaban J connectivity index is 1.71. The van der Waals surface area contributed by atoms with E-state index < -0.39 is 17.8 Å². The van der Waals surface area contributed by atoms with E-state index in [9.17, 15) is 18.8 Å². The molecule has 0 saturated carbocycles. The number of halogens is 1. The van der Waals surface area contributed by atoms with Crippen molar-refractivity contribution in [2.24, 2.45) is 0 Å². The van der Waals surface area contributed by atoms with Gasteiger partial charge in [0.15, 0.2) is 11.5 Å². The molecule has 3 aromatic carbocycles. The molecule has 9 heteroatoms. The molecule has 4 rings (SSSR count). The monoisotopic (exact) mass is 530 g/mol. The van der Waals surface area contributed by atoms with Gasteiger partial charge >= 0.3 is 6.03 Å². The number of hydrogen-bond donors (Lipinski definition) is 1. The summed E-state index contributed by atoms with van der Waals surface area (Å²) in [5.74, 6) is -0.691. The minimum atomic E-state index is -0.855. The van der Waals surface area contributed by atoms with Gasteiger partial charge in [-0.1, -0.05) is 24.3 Å². The molecule has 0 aliphatic carbocycles. The number of nitrogens with one attached hydrogen (secondary N) is 1. The van der Waals surface area contributed by atoms with Gasteiger partial charge in [0.05, 0.1) is 19.4 Å². The van der Waals surface area contributed by atoms with Gasteiger partial charge in [-0.15, -0.1) is 6.58 Å². The fourth-order valence-electron chi connectivity index (χ4n) is 4.06. The number of amides is 4. The van der Waals surface area contributed by atoms with Crippen LogP contribution in [0.2, 0.25) is 0 Å². The Morgan fingerprint density at radius 2 is 1.74 bits per heavy atom. The number of nitrogens with zero attached hydrogens (tertiary/aromatic N) is 1. The van der Waals surface area contributed by atoms with Crippen molar-refractivity contribution in [3.05, 3.63) is 101 Å². The fraction of sp³-hybridized carbons (Fsp3) is 0.167. The van der Waals surface area contributed by atoms with Crippen LogP contribution >= 0.6 is 0 Å². The van der Waals surface area contributed by atoms with Gasteiger partial charge in [-0.25, -0.2) is 14.1 Å². The molecule has 0 radical (unpaired) electrons. The van der Waals surface area contributed by atoms with Gasteiger partial charge in [0, 0.05) is 11.1 Å². The Kier molecular flexibility index (Phi) is 8.40. The summed E-state index contributed by atoms with van der Waals surface area (Å²) in [4.78, 5) is 39.4. The average Bonchev–Trinajstić information content (AvgIpc) is 2.92. The molecule has 1 fully saturated rings. The molecule has 1 N–H and O–H groups in total. The third-order valence-corrected chi connectivity index (χ3v) is 5.89. The minimum absolute atomic E-state index is 0.0306. The van der Waals surface area contributed by atoms with Crippen molar-refractivity contribution in [3.8, 4) is 17.2 Å². The first kappa shape index (κ1) is 27.1. The maximum absolute atomic E-state index is 14.2. The number of barbiturate groups is 1. The first-order chi connectivity index (χ1) is 18.9. The zero-order valence-electron chi connectivity index (χ0n) is 21.5. The van der Waals surface area contributed by atoms with Crippen LogP contribution in [0.4, 0.5) is 14.9 Å². The summed E-state index contributed by atoms with van der Waals surface area (Å²) in [5, 5.41) is 2.21. The molecule has 0 unspecified atom stereocenters. The van der Waals surface area contributed by atoms with E-state index >= 15 is 0 Å². The number of urea groups is 1. The second-order valence-electron chi connectivity index (χ2n) is 8.47. The molecule has 1 aliphatic rings. The molecule has 39 heavy (non-hydrogen) atoms. The molecule has 0 bridgehead atoms. The lowest BCUT2D eigenvalue weighted by Gasteiger charge is -2.26. The molecule has 3 aromatic rings. The summed E-state index contributed by atoms with van der Waals surface area (Å²) >= 11 is 0. The molecule has 200 valence electrons. The number of carbonyl (C=O) groups excluding carboxylic acids is 3. The Hall–Kier alpha value is -4.92. The highest BCUT2D eigenvalue weighted by atomic mass is 19.1. The summed E-state index contributed by atoms with van der Waals surface area (Å²) in [7, 11) is 1.50. The molecule has 1 heterocycles. The molecule has 0 spiro atoms. The van der Waals surface area contributed by atoms with Crippen LogP contribution < -0.4 is 24.4 Å². The number of imide groups is 2. The Morgan fingerprint density at radius 3 is 2.41 bits per heavy atom. The summed E-state index contributed by atoms with van der Waals surface area (Å²) in [6.07, 6.45) is 3.43. The fourth-order valence-corrected chi connectivity index (χ4v) is 4.06. The van der Waals surface area contributed by atoms with E-state index in [1.807, 2.05) is 0 Å². The van der Waals surface area contributed by atoms with Crippen LogP contribution in [-0.2, 0) is 22.6 Å². The van der Waals surface area contributed by atoms with Crippen LogP contribution in [0.3, 0.4) is 0 Å². The van der Waals surface area contributed by atoms with E-state index in [0.29, 0.717) is 47.0 Å². The highest BCUT2D eigenvalue weighted by Crippen LogP contribution is 2.36. The number of hydrogen-bond acceptors (Lipinski definition) is 6. The second-order valence-corrected chi connectivity index (χ2v) is 8.47. The topological polar surface area (TPSA) is 94.2 Å². The van der Waals surface area contributed by atoms with Crippen LogP contribution in [0.15, 0.2) is 78.9 Å². The van der Waals surface area contributed by atoms with Crippen LogP contribution in [0.25, 0.3) is 6.08 Å². The lowest BCUT2D eigenvalue weighted by molar-refractivity contribution is -0.122. The third-order valence-electron chi connectivity index (χ3n) is 5.89. The summed E-state index contributed by atoms with van der Waals surface area (Å²) in [6, 6.07) is 15.1. The molecule has 1 aliphatic heterocycles. The highest BCUT2D eigenvalue weighted by molar-refractivity contribution is 6.39. The molecular formula is C30H27FN2O6. The maximum atomic E-state index is 14.2. The standard InChI is InChI=1S/C30H27FN2O6/c1-4-8-20-15-19(17-26(38-5-2)27(20)39-18-21-9-6-7-10-25(21)31)16-24-28(34)32-30(36)33(29(24)35)22-11-13-23(37-3)14-12-22/h4,6-7,9-17H,1,5,8,18H2,2-3H3,(H,32,34,36)/b24-16+. The summed E-state index contributed by atoms with van der Waals surface area (Å²) in [5.41, 5.74) is 1.54. The van der Waals surface area contributed by atoms with Crippen molar-refractivity contribution < 1.29 is 33.0 Å². The molecule has 1 saturated heterocycles. The lowest BCUT2D eigenvalue weighted by atomic mass is 10.0. The zero-order chi connectivity index (χ0) is 27.9. The van der Waals surface area contributed by atoms with Crippen LogP contribution in [0.1, 0.15) is 23.6 Å². The van der Waals surface area contributed by atoms with Crippen molar-refractivity contribution in [1.82, 2.24) is 5.32 Å². The van der Waals surface area contributed by atoms with Gasteiger partial charge in [0.2, 0.25) is 0 Å². The first-order valence-corrected chi connectivity index (χ1v) is 12.2. The van der Waals surface area contributed by atoms with Crippen molar-refractivity contribution in [2.45, 2.75) is 20.0 Å². The van der Waals surface area contributed by atoms with E-state index in [0.717, 1.165) is 4.90 Å². The quantitative estimate of drug-likeness (QED) is 0.220. The van der Waals surface area contributed by atoms with Gasteiger partial charge in [-0.3, -0.25) is 14.9 Å². The van der Waals surface area contributed by atoms with E-state index in [-0.39, 0.29) is 23.7 Å². The summed E-state index contributed by atoms with van der Waals surface area (Å²) < 4.78 is 31.1. The van der Waals surface area contributed by atoms with Crippen molar-refractivity contribution in [2.75, 3.05) is 18.6 Å². The molecule has 8 nitrogen and oxygen atoms in total. The van der Waals surface area contributed by atoms with Crippen LogP contribution in [0, 0.1) is 5.82 Å². The minimum Gasteiger partial charge on any atom is -0.497 e. The number of allylic oxidation sites excluding steroid dienone is 1. The average molecular weight is 531 g/mol. The van der Waals surface area contributed by atoms with Crippen molar-refractivity contribution in [1.29, 1.82) is 0 Å². The SMILES string of the molecule is C=CCc1cc(/C=C2\C(=O)NC(=O)N(c3ccc(OC)cc3)C2=O)cc(OCC)c1OCc1ccccc1F. The molecule has 0 atom stereocenters. The predicted octanol–water partition coefficient (Wildman–Crippen LogP) is 5.21. The van der Waals surface area contributed by atoms with Crippen molar-refractivity contribution >= 4 is 29.6 Å². The van der Waals surface area contributed by atoms with Gasteiger partial charge in [0.25, 0.3) is 11.8 Å². The number of ether oxygens (including phenoxy) is 3. The van der Waals surface area contributed by atoms with Crippen LogP contribution in [0.5, 0.6) is 17.2 Å². The number of anilines is 1.